The second-order valence-corrected chi connectivity index (χ2v) is 3.58. The van der Waals surface area contributed by atoms with Gasteiger partial charge in [0.15, 0.2) is 0 Å². The molecule has 1 rings (SSSR count). The number of hydrogen-bond acceptors (Lipinski definition) is 8. The fourth-order valence-electron chi connectivity index (χ4n) is 1.21. The summed E-state index contributed by atoms with van der Waals surface area (Å²) in [6.45, 7) is 0.826. The molecular formula is C9H18N6O2. The summed E-state index contributed by atoms with van der Waals surface area (Å²) in [6.07, 6.45) is 0. The van der Waals surface area contributed by atoms with Gasteiger partial charge in [0.05, 0.1) is 13.2 Å². The summed E-state index contributed by atoms with van der Waals surface area (Å²) in [5.41, 5.74) is 5.59. The molecule has 0 amide bonds. The van der Waals surface area contributed by atoms with Gasteiger partial charge in [-0.25, -0.2) is 0 Å². The van der Waals surface area contributed by atoms with Crippen LogP contribution < -0.4 is 15.5 Å². The Morgan fingerprint density at radius 1 is 0.941 bits per heavy atom. The van der Waals surface area contributed by atoms with Crippen LogP contribution in [0.15, 0.2) is 0 Å². The number of hydrogen-bond donors (Lipinski definition) is 3. The lowest BCUT2D eigenvalue weighted by atomic mass is 10.6. The molecule has 1 aromatic rings. The summed E-state index contributed by atoms with van der Waals surface area (Å²) in [5, 5.41) is 17.7. The summed E-state index contributed by atoms with van der Waals surface area (Å²) < 4.78 is 0. The molecular weight excluding hydrogens is 224 g/mol. The predicted molar refractivity (Wildman–Crippen MR) is 65.0 cm³/mol. The molecule has 0 spiro atoms. The number of anilines is 3. The topological polar surface area (TPSA) is 112 Å². The largest absolute Gasteiger partial charge is 0.395 e. The van der Waals surface area contributed by atoms with Crippen molar-refractivity contribution in [3.8, 4) is 0 Å². The number of nitrogens with zero attached hydrogens (tertiary/aromatic N) is 5. The van der Waals surface area contributed by atoms with Gasteiger partial charge in [0, 0.05) is 27.2 Å². The van der Waals surface area contributed by atoms with Crippen molar-refractivity contribution in [2.24, 2.45) is 0 Å². The Balaban J connectivity index is 2.93. The van der Waals surface area contributed by atoms with Crippen LogP contribution in [-0.2, 0) is 0 Å². The molecule has 0 saturated heterocycles. The molecule has 17 heavy (non-hydrogen) atoms. The Kier molecular flexibility index (Phi) is 4.85. The minimum atomic E-state index is 0.00387. The summed E-state index contributed by atoms with van der Waals surface area (Å²) in [7, 11) is 3.50. The zero-order valence-electron chi connectivity index (χ0n) is 10.0. The number of likely N-dealkylation sites (N-methyl/N-ethyl adjacent to an activating group) is 2. The highest BCUT2D eigenvalue weighted by Gasteiger charge is 2.11. The Morgan fingerprint density at radius 2 is 1.35 bits per heavy atom. The fraction of sp³-hybridized carbons (Fsp3) is 0.667. The summed E-state index contributed by atoms with van der Waals surface area (Å²) in [4.78, 5) is 15.5. The van der Waals surface area contributed by atoms with Gasteiger partial charge >= 0.3 is 0 Å². The molecule has 0 bridgehead atoms. The molecule has 0 atom stereocenters. The van der Waals surface area contributed by atoms with Crippen molar-refractivity contribution in [3.05, 3.63) is 0 Å². The van der Waals surface area contributed by atoms with Crippen molar-refractivity contribution in [3.63, 3.8) is 0 Å². The number of aliphatic hydroxyl groups is 2. The van der Waals surface area contributed by atoms with E-state index in [0.29, 0.717) is 25.0 Å². The van der Waals surface area contributed by atoms with Crippen LogP contribution >= 0.6 is 0 Å². The first kappa shape index (κ1) is 13.4. The Bertz CT molecular complexity index is 331. The summed E-state index contributed by atoms with van der Waals surface area (Å²) in [5.74, 6) is 0.900. The average molecular weight is 242 g/mol. The van der Waals surface area contributed by atoms with Crippen molar-refractivity contribution >= 4 is 17.8 Å². The molecule has 0 aliphatic rings. The first-order valence-corrected chi connectivity index (χ1v) is 5.24. The lowest BCUT2D eigenvalue weighted by Gasteiger charge is -2.19. The first-order chi connectivity index (χ1) is 8.08. The standard InChI is InChI=1S/C9H18N6O2/c1-14(3-5-16)8-11-7(10)12-9(13-8)15(2)4-6-17/h16-17H,3-6H2,1-2H3,(H2,10,11,12,13). The Morgan fingerprint density at radius 3 is 1.71 bits per heavy atom. The van der Waals surface area contributed by atoms with Crippen LogP contribution in [0.1, 0.15) is 0 Å². The molecule has 8 heteroatoms. The molecule has 0 fully saturated rings. The zero-order chi connectivity index (χ0) is 12.8. The molecule has 0 aliphatic carbocycles. The normalized spacial score (nSPS) is 10.4. The summed E-state index contributed by atoms with van der Waals surface area (Å²) >= 11 is 0. The van der Waals surface area contributed by atoms with Gasteiger partial charge in [0.2, 0.25) is 17.8 Å². The summed E-state index contributed by atoms with van der Waals surface area (Å²) in [6, 6.07) is 0. The van der Waals surface area contributed by atoms with Gasteiger partial charge in [-0.15, -0.1) is 0 Å². The van der Waals surface area contributed by atoms with E-state index >= 15 is 0 Å². The van der Waals surface area contributed by atoms with Crippen LogP contribution in [0.2, 0.25) is 0 Å². The number of rotatable bonds is 6. The number of aliphatic hydroxyl groups excluding tert-OH is 2. The number of aromatic nitrogens is 3. The van der Waals surface area contributed by atoms with Gasteiger partial charge in [0.25, 0.3) is 0 Å². The zero-order valence-corrected chi connectivity index (χ0v) is 10.0. The monoisotopic (exact) mass is 242 g/mol. The van der Waals surface area contributed by atoms with Crippen LogP contribution in [0, 0.1) is 0 Å². The van der Waals surface area contributed by atoms with E-state index in [4.69, 9.17) is 15.9 Å². The van der Waals surface area contributed by atoms with E-state index in [1.54, 1.807) is 23.9 Å². The third-order valence-electron chi connectivity index (χ3n) is 2.18. The quantitative estimate of drug-likeness (QED) is 0.542. The molecule has 0 radical (unpaired) electrons. The van der Waals surface area contributed by atoms with E-state index in [9.17, 15) is 0 Å². The van der Waals surface area contributed by atoms with Crippen LogP contribution in [0.25, 0.3) is 0 Å². The highest BCUT2D eigenvalue weighted by molar-refractivity contribution is 5.42. The third-order valence-corrected chi connectivity index (χ3v) is 2.18. The van der Waals surface area contributed by atoms with E-state index < -0.39 is 0 Å². The van der Waals surface area contributed by atoms with Crippen LogP contribution in [0.3, 0.4) is 0 Å². The minimum Gasteiger partial charge on any atom is -0.395 e. The van der Waals surface area contributed by atoms with Gasteiger partial charge in [-0.2, -0.15) is 15.0 Å². The maximum absolute atomic E-state index is 8.84. The first-order valence-electron chi connectivity index (χ1n) is 5.24. The Labute approximate surface area is 99.7 Å². The van der Waals surface area contributed by atoms with Crippen LogP contribution in [0.4, 0.5) is 17.8 Å². The maximum atomic E-state index is 8.84. The second-order valence-electron chi connectivity index (χ2n) is 3.58. The highest BCUT2D eigenvalue weighted by atomic mass is 16.3. The number of nitrogens with two attached hydrogens (primary N) is 1. The minimum absolute atomic E-state index is 0.00387. The van der Waals surface area contributed by atoms with Crippen molar-refractivity contribution in [1.29, 1.82) is 0 Å². The molecule has 96 valence electrons. The third kappa shape index (κ3) is 3.68. The lowest BCUT2D eigenvalue weighted by molar-refractivity contribution is 0.303. The van der Waals surface area contributed by atoms with Crippen molar-refractivity contribution in [2.75, 3.05) is 55.9 Å². The SMILES string of the molecule is CN(CCO)c1nc(N)nc(N(C)CCO)n1. The smallest absolute Gasteiger partial charge is 0.231 e. The van der Waals surface area contributed by atoms with Gasteiger partial charge in [0.1, 0.15) is 0 Å². The van der Waals surface area contributed by atoms with Crippen molar-refractivity contribution in [1.82, 2.24) is 15.0 Å². The van der Waals surface area contributed by atoms with E-state index in [-0.39, 0.29) is 19.2 Å². The van der Waals surface area contributed by atoms with Gasteiger partial charge < -0.3 is 25.7 Å². The predicted octanol–water partition coefficient (Wildman–Crippen LogP) is -1.69. The molecule has 4 N–H and O–H groups in total. The number of nitrogen functional groups attached to an aromatic ring is 1. The molecule has 0 unspecified atom stereocenters. The van der Waals surface area contributed by atoms with Gasteiger partial charge in [-0.3, -0.25) is 0 Å². The fourth-order valence-corrected chi connectivity index (χ4v) is 1.21. The van der Waals surface area contributed by atoms with E-state index in [1.807, 2.05) is 0 Å². The molecule has 1 heterocycles. The molecule has 1 aromatic heterocycles. The van der Waals surface area contributed by atoms with E-state index in [1.165, 1.54) is 0 Å². The molecule has 0 aromatic carbocycles. The van der Waals surface area contributed by atoms with Crippen LogP contribution in [-0.4, -0.2) is 65.6 Å². The van der Waals surface area contributed by atoms with Gasteiger partial charge in [-0.1, -0.05) is 0 Å². The lowest BCUT2D eigenvalue weighted by Crippen LogP contribution is -2.28. The van der Waals surface area contributed by atoms with E-state index in [0.717, 1.165) is 0 Å². The van der Waals surface area contributed by atoms with Crippen molar-refractivity contribution < 1.29 is 10.2 Å². The second kappa shape index (κ2) is 6.16. The van der Waals surface area contributed by atoms with Crippen molar-refractivity contribution in [2.45, 2.75) is 0 Å². The average Bonchev–Trinajstić information content (AvgIpc) is 2.29. The highest BCUT2D eigenvalue weighted by Crippen LogP contribution is 2.12. The maximum Gasteiger partial charge on any atom is 0.231 e. The molecule has 0 aliphatic heterocycles. The molecule has 8 nitrogen and oxygen atoms in total. The molecule has 0 saturated carbocycles. The van der Waals surface area contributed by atoms with Gasteiger partial charge in [-0.05, 0) is 0 Å². The van der Waals surface area contributed by atoms with Crippen LogP contribution in [0.5, 0.6) is 0 Å². The van der Waals surface area contributed by atoms with E-state index in [2.05, 4.69) is 15.0 Å². The Hall–Kier alpha value is -1.67.